The van der Waals surface area contributed by atoms with Crippen molar-refractivity contribution in [2.75, 3.05) is 48.4 Å². The van der Waals surface area contributed by atoms with Gasteiger partial charge in [0, 0.05) is 55.9 Å². The van der Waals surface area contributed by atoms with Crippen LogP contribution < -0.4 is 15.1 Å². The van der Waals surface area contributed by atoms with Gasteiger partial charge in [0.05, 0.1) is 5.69 Å². The Labute approximate surface area is 164 Å². The third-order valence-corrected chi connectivity index (χ3v) is 5.39. The van der Waals surface area contributed by atoms with Crippen molar-refractivity contribution in [3.05, 3.63) is 40.8 Å². The number of aromatic nitrogens is 4. The Hall–Kier alpha value is -2.40. The molecule has 1 N–H and O–H groups in total. The monoisotopic (exact) mass is 409 g/mol. The van der Waals surface area contributed by atoms with Crippen LogP contribution in [0.5, 0.6) is 0 Å². The number of piperazine rings is 1. The fourth-order valence-electron chi connectivity index (χ4n) is 2.99. The van der Waals surface area contributed by atoms with Crippen LogP contribution in [0.2, 0.25) is 0 Å². The van der Waals surface area contributed by atoms with Crippen molar-refractivity contribution >= 4 is 29.7 Å². The minimum atomic E-state index is -4.48. The van der Waals surface area contributed by atoms with Gasteiger partial charge in [0.1, 0.15) is 5.69 Å². The molecule has 2 saturated heterocycles. The number of halogens is 3. The summed E-state index contributed by atoms with van der Waals surface area (Å²) in [6, 6.07) is 2.74. The van der Waals surface area contributed by atoms with E-state index >= 15 is 0 Å². The summed E-state index contributed by atoms with van der Waals surface area (Å²) >= 11 is 1.75. The van der Waals surface area contributed by atoms with Crippen molar-refractivity contribution in [2.45, 2.75) is 6.18 Å². The molecule has 0 atom stereocenters. The van der Waals surface area contributed by atoms with E-state index in [4.69, 9.17) is 0 Å². The minimum absolute atomic E-state index is 0.0969. The van der Waals surface area contributed by atoms with Crippen LogP contribution in [0, 0.1) is 0 Å². The van der Waals surface area contributed by atoms with Gasteiger partial charge in [-0.05, 0) is 18.2 Å². The van der Waals surface area contributed by atoms with E-state index in [1.807, 2.05) is 17.0 Å². The summed E-state index contributed by atoms with van der Waals surface area (Å²) in [4.78, 5) is 21.6. The molecule has 0 bridgehead atoms. The minimum Gasteiger partial charge on any atom is -0.337 e. The lowest BCUT2D eigenvalue weighted by Crippen LogP contribution is -2.47. The fourth-order valence-corrected chi connectivity index (χ4v) is 3.78. The van der Waals surface area contributed by atoms with E-state index in [0.717, 1.165) is 30.4 Å². The zero-order valence-electron chi connectivity index (χ0n) is 14.9. The van der Waals surface area contributed by atoms with Gasteiger partial charge >= 0.3 is 6.18 Å². The lowest BCUT2D eigenvalue weighted by molar-refractivity contribution is -0.141. The van der Waals surface area contributed by atoms with Crippen molar-refractivity contribution in [1.82, 2.24) is 25.3 Å². The number of hydrogen-bond donors (Lipinski definition) is 1. The lowest BCUT2D eigenvalue weighted by atomic mass is 10.3. The van der Waals surface area contributed by atoms with Crippen molar-refractivity contribution in [2.24, 2.45) is 0 Å². The molecule has 148 valence electrons. The van der Waals surface area contributed by atoms with Crippen LogP contribution in [0.25, 0.3) is 6.08 Å². The normalized spacial score (nSPS) is 19.5. The average Bonchev–Trinajstić information content (AvgIpc) is 3.21. The number of anilines is 2. The molecular weight excluding hydrogens is 391 g/mol. The number of hydrogen-bond acceptors (Lipinski definition) is 8. The quantitative estimate of drug-likeness (QED) is 0.828. The molecular formula is C17H18F3N7S. The van der Waals surface area contributed by atoms with Crippen molar-refractivity contribution in [3.8, 4) is 0 Å². The zero-order valence-corrected chi connectivity index (χ0v) is 15.7. The summed E-state index contributed by atoms with van der Waals surface area (Å²) in [5, 5.41) is 3.26. The first kappa shape index (κ1) is 18.9. The second kappa shape index (κ2) is 7.92. The van der Waals surface area contributed by atoms with Gasteiger partial charge in [-0.2, -0.15) is 13.2 Å². The molecule has 2 fully saturated rings. The van der Waals surface area contributed by atoms with Crippen LogP contribution in [-0.2, 0) is 6.18 Å². The number of alkyl halides is 3. The fraction of sp³-hybridized carbons (Fsp3) is 0.412. The SMILES string of the molecule is FC(F)(F)c1ccnc(N2CCN(c3nccc(/C=C4/CNCS4)n3)CC2)n1. The molecule has 2 aromatic heterocycles. The van der Waals surface area contributed by atoms with Crippen molar-refractivity contribution in [3.63, 3.8) is 0 Å². The average molecular weight is 409 g/mol. The van der Waals surface area contributed by atoms with Crippen LogP contribution in [0.15, 0.2) is 29.4 Å². The Morgan fingerprint density at radius 3 is 2.21 bits per heavy atom. The molecule has 0 amide bonds. The number of nitrogens with zero attached hydrogens (tertiary/aromatic N) is 6. The molecule has 2 aliphatic rings. The topological polar surface area (TPSA) is 70.1 Å². The molecule has 0 saturated carbocycles. The molecule has 0 radical (unpaired) electrons. The smallest absolute Gasteiger partial charge is 0.337 e. The van der Waals surface area contributed by atoms with E-state index in [0.29, 0.717) is 32.1 Å². The highest BCUT2D eigenvalue weighted by atomic mass is 32.2. The van der Waals surface area contributed by atoms with E-state index in [2.05, 4.69) is 25.3 Å². The van der Waals surface area contributed by atoms with Crippen LogP contribution in [0.1, 0.15) is 11.4 Å². The maximum absolute atomic E-state index is 12.9. The lowest BCUT2D eigenvalue weighted by Gasteiger charge is -2.34. The number of thioether (sulfide) groups is 1. The molecule has 0 aliphatic carbocycles. The Bertz CT molecular complexity index is 858. The van der Waals surface area contributed by atoms with Gasteiger partial charge in [0.15, 0.2) is 0 Å². The molecule has 2 aliphatic heterocycles. The van der Waals surface area contributed by atoms with Gasteiger partial charge in [-0.15, -0.1) is 11.8 Å². The molecule has 7 nitrogen and oxygen atoms in total. The third kappa shape index (κ3) is 4.36. The van der Waals surface area contributed by atoms with E-state index in [1.54, 1.807) is 22.9 Å². The van der Waals surface area contributed by atoms with Crippen LogP contribution in [0.4, 0.5) is 25.1 Å². The first-order valence-electron chi connectivity index (χ1n) is 8.76. The van der Waals surface area contributed by atoms with E-state index in [1.165, 1.54) is 4.91 Å². The highest BCUT2D eigenvalue weighted by Gasteiger charge is 2.33. The Balaban J connectivity index is 1.43. The molecule has 11 heteroatoms. The highest BCUT2D eigenvalue weighted by molar-refractivity contribution is 8.03. The summed E-state index contributed by atoms with van der Waals surface area (Å²) in [7, 11) is 0. The number of nitrogens with one attached hydrogen (secondary N) is 1. The van der Waals surface area contributed by atoms with Gasteiger partial charge in [0.25, 0.3) is 0 Å². The first-order chi connectivity index (χ1) is 13.5. The molecule has 0 spiro atoms. The van der Waals surface area contributed by atoms with Gasteiger partial charge in [-0.3, -0.25) is 0 Å². The zero-order chi connectivity index (χ0) is 19.6. The second-order valence-corrected chi connectivity index (χ2v) is 7.42. The van der Waals surface area contributed by atoms with Gasteiger partial charge < -0.3 is 15.1 Å². The summed E-state index contributed by atoms with van der Waals surface area (Å²) in [5.74, 6) is 1.62. The first-order valence-corrected chi connectivity index (χ1v) is 9.75. The van der Waals surface area contributed by atoms with Crippen LogP contribution in [0.3, 0.4) is 0 Å². The molecule has 28 heavy (non-hydrogen) atoms. The van der Waals surface area contributed by atoms with Crippen LogP contribution in [-0.4, -0.2) is 58.5 Å². The summed E-state index contributed by atoms with van der Waals surface area (Å²) < 4.78 is 38.6. The van der Waals surface area contributed by atoms with E-state index in [-0.39, 0.29) is 5.95 Å². The Morgan fingerprint density at radius 2 is 1.61 bits per heavy atom. The van der Waals surface area contributed by atoms with E-state index < -0.39 is 11.9 Å². The van der Waals surface area contributed by atoms with Crippen molar-refractivity contribution in [1.29, 1.82) is 0 Å². The molecule has 4 heterocycles. The predicted octanol–water partition coefficient (Wildman–Crippen LogP) is 2.25. The molecule has 0 unspecified atom stereocenters. The van der Waals surface area contributed by atoms with Crippen LogP contribution >= 0.6 is 11.8 Å². The number of rotatable bonds is 3. The predicted molar refractivity (Wildman–Crippen MR) is 102 cm³/mol. The third-order valence-electron chi connectivity index (χ3n) is 4.41. The van der Waals surface area contributed by atoms with Gasteiger partial charge in [0.2, 0.25) is 11.9 Å². The maximum Gasteiger partial charge on any atom is 0.433 e. The van der Waals surface area contributed by atoms with E-state index in [9.17, 15) is 13.2 Å². The van der Waals surface area contributed by atoms with Crippen molar-refractivity contribution < 1.29 is 13.2 Å². The summed E-state index contributed by atoms with van der Waals surface area (Å²) in [5.41, 5.74) is -0.0804. The second-order valence-electron chi connectivity index (χ2n) is 6.32. The standard InChI is InChI=1S/C17H18F3N7S/c18-17(19,20)14-2-4-23-16(25-14)27-7-5-26(6-8-27)15-22-3-1-12(24-15)9-13-10-21-11-28-13/h1-4,9,21H,5-8,10-11H2/b13-9-. The maximum atomic E-state index is 12.9. The highest BCUT2D eigenvalue weighted by Crippen LogP contribution is 2.28. The van der Waals surface area contributed by atoms with Gasteiger partial charge in [-0.1, -0.05) is 0 Å². The summed E-state index contributed by atoms with van der Waals surface area (Å²) in [6.45, 7) is 3.00. The molecule has 2 aromatic rings. The van der Waals surface area contributed by atoms with Gasteiger partial charge in [-0.25, -0.2) is 19.9 Å². The molecule has 4 rings (SSSR count). The summed E-state index contributed by atoms with van der Waals surface area (Å²) in [6.07, 6.45) is 0.440. The Morgan fingerprint density at radius 1 is 0.964 bits per heavy atom. The molecule has 0 aromatic carbocycles. The Kier molecular flexibility index (Phi) is 5.36. The largest absolute Gasteiger partial charge is 0.433 e.